The Labute approximate surface area is 68.0 Å². The van der Waals surface area contributed by atoms with Gasteiger partial charge < -0.3 is 4.74 Å². The number of hydrogen-bond acceptors (Lipinski definition) is 3. The molecule has 0 radical (unpaired) electrons. The molecule has 0 saturated heterocycles. The van der Waals surface area contributed by atoms with Crippen LogP contribution in [0.25, 0.3) is 0 Å². The molecule has 0 aromatic rings. The fourth-order valence-electron chi connectivity index (χ4n) is 0.382. The van der Waals surface area contributed by atoms with E-state index in [1.807, 2.05) is 19.9 Å². The topological polar surface area (TPSA) is 50.1 Å². The minimum absolute atomic E-state index is 0.429. The predicted molar refractivity (Wildman–Crippen MR) is 42.8 cm³/mol. The summed E-state index contributed by atoms with van der Waals surface area (Å²) in [7, 11) is 0. The fourth-order valence-corrected chi connectivity index (χ4v) is 0.382. The standard InChI is InChI=1S/C6H9NO2.C2H6/c1-5(8)9-6(2,3)4-7;1-2/h1-3H3;1-2H3. The molecule has 0 heterocycles. The van der Waals surface area contributed by atoms with Gasteiger partial charge in [-0.3, -0.25) is 4.79 Å². The second kappa shape index (κ2) is 5.72. The van der Waals surface area contributed by atoms with E-state index in [-0.39, 0.29) is 0 Å². The first-order valence-corrected chi connectivity index (χ1v) is 3.59. The van der Waals surface area contributed by atoms with Crippen LogP contribution in [0.1, 0.15) is 34.6 Å². The van der Waals surface area contributed by atoms with Crippen molar-refractivity contribution in [3.05, 3.63) is 0 Å². The second-order valence-corrected chi connectivity index (χ2v) is 2.22. The summed E-state index contributed by atoms with van der Waals surface area (Å²) in [6.07, 6.45) is 0. The van der Waals surface area contributed by atoms with E-state index in [9.17, 15) is 4.79 Å². The van der Waals surface area contributed by atoms with Gasteiger partial charge in [-0.2, -0.15) is 5.26 Å². The molecule has 64 valence electrons. The van der Waals surface area contributed by atoms with Gasteiger partial charge in [0.05, 0.1) is 0 Å². The number of nitriles is 1. The molecule has 0 aromatic heterocycles. The van der Waals surface area contributed by atoms with Gasteiger partial charge in [0.25, 0.3) is 0 Å². The Bertz CT molecular complexity index is 156. The van der Waals surface area contributed by atoms with Gasteiger partial charge >= 0.3 is 5.97 Å². The summed E-state index contributed by atoms with van der Waals surface area (Å²) < 4.78 is 4.59. The van der Waals surface area contributed by atoms with Crippen LogP contribution >= 0.6 is 0 Å². The number of rotatable bonds is 1. The minimum atomic E-state index is -0.980. The zero-order chi connectivity index (χ0) is 9.49. The molecule has 11 heavy (non-hydrogen) atoms. The van der Waals surface area contributed by atoms with Crippen molar-refractivity contribution in [2.45, 2.75) is 40.2 Å². The third-order valence-corrected chi connectivity index (χ3v) is 0.668. The van der Waals surface area contributed by atoms with Crippen molar-refractivity contribution in [2.24, 2.45) is 0 Å². The molecule has 0 bridgehead atoms. The SMILES string of the molecule is CC.CC(=O)OC(C)(C)C#N. The molecule has 0 fully saturated rings. The number of carbonyl (C=O) groups excluding carboxylic acids is 1. The highest BCUT2D eigenvalue weighted by atomic mass is 16.6. The van der Waals surface area contributed by atoms with E-state index in [2.05, 4.69) is 4.74 Å². The first-order valence-electron chi connectivity index (χ1n) is 3.59. The lowest BCUT2D eigenvalue weighted by molar-refractivity contribution is -0.149. The quantitative estimate of drug-likeness (QED) is 0.546. The van der Waals surface area contributed by atoms with E-state index in [0.29, 0.717) is 0 Å². The normalized spacial score (nSPS) is 8.73. The summed E-state index contributed by atoms with van der Waals surface area (Å²) in [6.45, 7) is 8.35. The van der Waals surface area contributed by atoms with Crippen molar-refractivity contribution >= 4 is 5.97 Å². The first-order chi connectivity index (χ1) is 4.98. The van der Waals surface area contributed by atoms with Gasteiger partial charge in [0, 0.05) is 6.92 Å². The number of carbonyl (C=O) groups is 1. The summed E-state index contributed by atoms with van der Waals surface area (Å²) in [6, 6.07) is 1.83. The van der Waals surface area contributed by atoms with Crippen LogP contribution in [-0.4, -0.2) is 11.6 Å². The lowest BCUT2D eigenvalue weighted by Gasteiger charge is -2.13. The molecule has 0 aromatic carbocycles. The number of hydrogen-bond donors (Lipinski definition) is 0. The molecule has 0 saturated carbocycles. The molecule has 0 spiro atoms. The van der Waals surface area contributed by atoms with E-state index < -0.39 is 11.6 Å². The van der Waals surface area contributed by atoms with Crippen molar-refractivity contribution in [3.8, 4) is 6.07 Å². The van der Waals surface area contributed by atoms with Gasteiger partial charge in [0.15, 0.2) is 5.60 Å². The summed E-state index contributed by atoms with van der Waals surface area (Å²) in [5.41, 5.74) is -0.980. The molecule has 0 aliphatic carbocycles. The number of nitrogens with zero attached hydrogens (tertiary/aromatic N) is 1. The Morgan fingerprint density at radius 3 is 1.91 bits per heavy atom. The Balaban J connectivity index is 0. The molecule has 3 heteroatoms. The lowest BCUT2D eigenvalue weighted by Crippen LogP contribution is -2.24. The van der Waals surface area contributed by atoms with Crippen LogP contribution in [-0.2, 0) is 9.53 Å². The van der Waals surface area contributed by atoms with Gasteiger partial charge in [0.1, 0.15) is 6.07 Å². The van der Waals surface area contributed by atoms with Gasteiger partial charge in [-0.1, -0.05) is 13.8 Å². The molecule has 0 aliphatic rings. The highest BCUT2D eigenvalue weighted by molar-refractivity contribution is 5.66. The van der Waals surface area contributed by atoms with E-state index >= 15 is 0 Å². The van der Waals surface area contributed by atoms with Crippen molar-refractivity contribution < 1.29 is 9.53 Å². The molecule has 0 unspecified atom stereocenters. The van der Waals surface area contributed by atoms with Crippen molar-refractivity contribution in [2.75, 3.05) is 0 Å². The zero-order valence-electron chi connectivity index (χ0n) is 7.76. The zero-order valence-corrected chi connectivity index (χ0v) is 7.76. The molecular weight excluding hydrogens is 142 g/mol. The average molecular weight is 157 g/mol. The second-order valence-electron chi connectivity index (χ2n) is 2.22. The smallest absolute Gasteiger partial charge is 0.304 e. The van der Waals surface area contributed by atoms with Crippen LogP contribution in [0, 0.1) is 11.3 Å². The molecule has 0 N–H and O–H groups in total. The molecule has 0 amide bonds. The van der Waals surface area contributed by atoms with E-state index in [0.717, 1.165) is 0 Å². The monoisotopic (exact) mass is 157 g/mol. The minimum Gasteiger partial charge on any atom is -0.444 e. The fraction of sp³-hybridized carbons (Fsp3) is 0.750. The van der Waals surface area contributed by atoms with E-state index in [4.69, 9.17) is 5.26 Å². The maximum atomic E-state index is 10.2. The number of esters is 1. The molecule has 0 aliphatic heterocycles. The van der Waals surface area contributed by atoms with Crippen LogP contribution in [0.15, 0.2) is 0 Å². The van der Waals surface area contributed by atoms with Gasteiger partial charge in [-0.05, 0) is 13.8 Å². The summed E-state index contributed by atoms with van der Waals surface area (Å²) in [5, 5.41) is 8.32. The Morgan fingerprint density at radius 1 is 1.45 bits per heavy atom. The summed E-state index contributed by atoms with van der Waals surface area (Å²) >= 11 is 0. The number of ether oxygens (including phenoxy) is 1. The molecular formula is C8H15NO2. The van der Waals surface area contributed by atoms with Crippen molar-refractivity contribution in [1.29, 1.82) is 5.26 Å². The highest BCUT2D eigenvalue weighted by Gasteiger charge is 2.18. The van der Waals surface area contributed by atoms with Crippen molar-refractivity contribution in [1.82, 2.24) is 0 Å². The third-order valence-electron chi connectivity index (χ3n) is 0.668. The summed E-state index contributed by atoms with van der Waals surface area (Å²) in [4.78, 5) is 10.2. The Morgan fingerprint density at radius 2 is 1.82 bits per heavy atom. The van der Waals surface area contributed by atoms with Crippen LogP contribution in [0.5, 0.6) is 0 Å². The molecule has 0 atom stereocenters. The Kier molecular flexibility index (Phi) is 6.57. The highest BCUT2D eigenvalue weighted by Crippen LogP contribution is 2.05. The van der Waals surface area contributed by atoms with Crippen molar-refractivity contribution in [3.63, 3.8) is 0 Å². The van der Waals surface area contributed by atoms with Crippen LogP contribution in [0.3, 0.4) is 0 Å². The van der Waals surface area contributed by atoms with E-state index in [1.54, 1.807) is 0 Å². The van der Waals surface area contributed by atoms with Crippen LogP contribution < -0.4 is 0 Å². The van der Waals surface area contributed by atoms with Crippen LogP contribution in [0.4, 0.5) is 0 Å². The largest absolute Gasteiger partial charge is 0.444 e. The Hall–Kier alpha value is -1.04. The maximum absolute atomic E-state index is 10.2. The van der Waals surface area contributed by atoms with Crippen LogP contribution in [0.2, 0.25) is 0 Å². The predicted octanol–water partition coefficient (Wildman–Crippen LogP) is 1.88. The first kappa shape index (κ1) is 12.6. The maximum Gasteiger partial charge on any atom is 0.304 e. The molecule has 0 rings (SSSR count). The van der Waals surface area contributed by atoms with Gasteiger partial charge in [-0.25, -0.2) is 0 Å². The third kappa shape index (κ3) is 8.96. The van der Waals surface area contributed by atoms with Gasteiger partial charge in [-0.15, -0.1) is 0 Å². The van der Waals surface area contributed by atoms with Gasteiger partial charge in [0.2, 0.25) is 0 Å². The van der Waals surface area contributed by atoms with E-state index in [1.165, 1.54) is 20.8 Å². The average Bonchev–Trinajstić information content (AvgIpc) is 1.90. The lowest BCUT2D eigenvalue weighted by atomic mass is 10.2. The summed E-state index contributed by atoms with van der Waals surface area (Å²) in [5.74, 6) is -0.429. The molecule has 3 nitrogen and oxygen atoms in total.